The lowest BCUT2D eigenvalue weighted by molar-refractivity contribution is 0.474. The Hall–Kier alpha value is -1.63. The topological polar surface area (TPSA) is 81.0 Å². The van der Waals surface area contributed by atoms with Crippen molar-refractivity contribution in [2.75, 3.05) is 18.4 Å². The summed E-state index contributed by atoms with van der Waals surface area (Å²) in [5.41, 5.74) is -0.780. The maximum Gasteiger partial charge on any atom is 0.346 e. The average Bonchev–Trinajstić information content (AvgIpc) is 2.35. The van der Waals surface area contributed by atoms with E-state index in [1.807, 2.05) is 0 Å². The molecule has 0 bridgehead atoms. The van der Waals surface area contributed by atoms with Crippen molar-refractivity contribution < 1.29 is 0 Å². The van der Waals surface area contributed by atoms with Crippen molar-refractivity contribution in [3.63, 3.8) is 0 Å². The van der Waals surface area contributed by atoms with Gasteiger partial charge in [0, 0.05) is 20.1 Å². The number of rotatable bonds is 2. The van der Waals surface area contributed by atoms with Gasteiger partial charge in [0.1, 0.15) is 0 Å². The zero-order valence-electron chi connectivity index (χ0n) is 10.1. The normalized spacial score (nSPS) is 17.1. The van der Waals surface area contributed by atoms with E-state index in [-0.39, 0.29) is 17.4 Å². The van der Waals surface area contributed by atoms with Crippen LogP contribution in [-0.2, 0) is 14.1 Å². The average molecular weight is 239 g/mol. The molecule has 1 aromatic rings. The summed E-state index contributed by atoms with van der Waals surface area (Å²) in [5, 5.41) is 10.3. The van der Waals surface area contributed by atoms with Crippen LogP contribution in [0.15, 0.2) is 9.59 Å². The second-order valence-corrected chi connectivity index (χ2v) is 4.29. The Morgan fingerprint density at radius 1 is 1.29 bits per heavy atom. The van der Waals surface area contributed by atoms with Crippen molar-refractivity contribution >= 4 is 5.82 Å². The maximum absolute atomic E-state index is 11.8. The quantitative estimate of drug-likeness (QED) is 0.666. The van der Waals surface area contributed by atoms with E-state index in [4.69, 9.17) is 0 Å². The number of piperidine rings is 1. The largest absolute Gasteiger partial charge is 0.361 e. The standard InChI is InChI=1S/C10H17N5O2/c1-14-9(16)8(13-15(2)10(14)17)12-7-3-5-11-6-4-7/h7,11H,3-6H2,1-2H3,(H,12,13). The second-order valence-electron chi connectivity index (χ2n) is 4.29. The minimum absolute atomic E-state index is 0.244. The Morgan fingerprint density at radius 2 is 1.94 bits per heavy atom. The summed E-state index contributed by atoms with van der Waals surface area (Å²) in [6, 6.07) is 0.244. The molecular weight excluding hydrogens is 222 g/mol. The fraction of sp³-hybridized carbons (Fsp3) is 0.700. The molecule has 0 amide bonds. The molecule has 2 heterocycles. The van der Waals surface area contributed by atoms with Crippen LogP contribution >= 0.6 is 0 Å². The van der Waals surface area contributed by atoms with Gasteiger partial charge >= 0.3 is 5.69 Å². The van der Waals surface area contributed by atoms with Gasteiger partial charge in [0.05, 0.1) is 0 Å². The van der Waals surface area contributed by atoms with E-state index in [2.05, 4.69) is 15.7 Å². The Balaban J connectivity index is 2.27. The summed E-state index contributed by atoms with van der Waals surface area (Å²) >= 11 is 0. The highest BCUT2D eigenvalue weighted by atomic mass is 16.2. The smallest absolute Gasteiger partial charge is 0.346 e. The molecule has 1 aromatic heterocycles. The van der Waals surface area contributed by atoms with E-state index < -0.39 is 5.69 Å². The van der Waals surface area contributed by atoms with Crippen LogP contribution in [0.4, 0.5) is 5.82 Å². The summed E-state index contributed by atoms with van der Waals surface area (Å²) in [6.07, 6.45) is 1.90. The fourth-order valence-corrected chi connectivity index (χ4v) is 1.95. The molecule has 0 atom stereocenters. The highest BCUT2D eigenvalue weighted by molar-refractivity contribution is 5.31. The Bertz CT molecular complexity index is 512. The van der Waals surface area contributed by atoms with Crippen LogP contribution in [0, 0.1) is 0 Å². The number of hydrogen-bond acceptors (Lipinski definition) is 5. The lowest BCUT2D eigenvalue weighted by Gasteiger charge is -2.23. The predicted molar refractivity (Wildman–Crippen MR) is 64.2 cm³/mol. The summed E-state index contributed by atoms with van der Waals surface area (Å²) in [7, 11) is 3.00. The van der Waals surface area contributed by atoms with Gasteiger partial charge in [0.15, 0.2) is 0 Å². The molecule has 0 spiro atoms. The number of hydrogen-bond donors (Lipinski definition) is 2. The van der Waals surface area contributed by atoms with Crippen molar-refractivity contribution in [1.29, 1.82) is 0 Å². The lowest BCUT2D eigenvalue weighted by Crippen LogP contribution is -2.43. The molecule has 0 unspecified atom stereocenters. The molecule has 1 fully saturated rings. The second kappa shape index (κ2) is 4.70. The Morgan fingerprint density at radius 3 is 2.59 bits per heavy atom. The van der Waals surface area contributed by atoms with Gasteiger partial charge in [-0.25, -0.2) is 9.48 Å². The summed E-state index contributed by atoms with van der Waals surface area (Å²) < 4.78 is 2.24. The van der Waals surface area contributed by atoms with Crippen LogP contribution in [0.2, 0.25) is 0 Å². The molecule has 1 aliphatic rings. The highest BCUT2D eigenvalue weighted by Crippen LogP contribution is 2.06. The van der Waals surface area contributed by atoms with Gasteiger partial charge in [-0.1, -0.05) is 0 Å². The molecule has 0 radical (unpaired) electrons. The van der Waals surface area contributed by atoms with E-state index in [0.29, 0.717) is 0 Å². The summed E-state index contributed by atoms with van der Waals surface area (Å²) in [6.45, 7) is 1.87. The first-order chi connectivity index (χ1) is 8.09. The number of anilines is 1. The maximum atomic E-state index is 11.8. The van der Waals surface area contributed by atoms with Crippen molar-refractivity contribution in [1.82, 2.24) is 19.7 Å². The zero-order chi connectivity index (χ0) is 12.4. The van der Waals surface area contributed by atoms with Gasteiger partial charge in [0.2, 0.25) is 5.82 Å². The van der Waals surface area contributed by atoms with Crippen molar-refractivity contribution in [3.8, 4) is 0 Å². The molecule has 2 rings (SSSR count). The molecule has 0 aromatic carbocycles. The molecule has 7 heteroatoms. The fourth-order valence-electron chi connectivity index (χ4n) is 1.95. The van der Waals surface area contributed by atoms with Crippen LogP contribution in [0.25, 0.3) is 0 Å². The molecule has 1 saturated heterocycles. The lowest BCUT2D eigenvalue weighted by atomic mass is 10.1. The highest BCUT2D eigenvalue weighted by Gasteiger charge is 2.16. The van der Waals surface area contributed by atoms with Gasteiger partial charge in [-0.2, -0.15) is 0 Å². The number of nitrogens with zero attached hydrogens (tertiary/aromatic N) is 3. The molecule has 2 N–H and O–H groups in total. The molecule has 7 nitrogen and oxygen atoms in total. The molecular formula is C10H17N5O2. The van der Waals surface area contributed by atoms with Crippen molar-refractivity contribution in [3.05, 3.63) is 20.8 Å². The molecule has 94 valence electrons. The first-order valence-corrected chi connectivity index (χ1v) is 5.71. The first kappa shape index (κ1) is 11.8. The minimum Gasteiger partial charge on any atom is -0.361 e. The van der Waals surface area contributed by atoms with E-state index >= 15 is 0 Å². The number of nitrogens with one attached hydrogen (secondary N) is 2. The SMILES string of the molecule is Cn1nc(NC2CCNCC2)c(=O)n(C)c1=O. The summed E-state index contributed by atoms with van der Waals surface area (Å²) in [5.74, 6) is 0.251. The predicted octanol–water partition coefficient (Wildman–Crippen LogP) is -1.36. The molecule has 0 aliphatic carbocycles. The van der Waals surface area contributed by atoms with Gasteiger partial charge in [-0.15, -0.1) is 5.10 Å². The Labute approximate surface area is 98.5 Å². The number of aromatic nitrogens is 3. The van der Waals surface area contributed by atoms with Gasteiger partial charge in [0.25, 0.3) is 5.56 Å². The third-order valence-electron chi connectivity index (χ3n) is 3.00. The molecule has 0 saturated carbocycles. The van der Waals surface area contributed by atoms with Gasteiger partial charge < -0.3 is 10.6 Å². The molecule has 17 heavy (non-hydrogen) atoms. The summed E-state index contributed by atoms with van der Waals surface area (Å²) in [4.78, 5) is 23.3. The molecule has 1 aliphatic heterocycles. The number of aryl methyl sites for hydroxylation is 1. The first-order valence-electron chi connectivity index (χ1n) is 5.71. The van der Waals surface area contributed by atoms with Gasteiger partial charge in [-0.05, 0) is 25.9 Å². The van der Waals surface area contributed by atoms with Crippen LogP contribution < -0.4 is 21.9 Å². The van der Waals surface area contributed by atoms with E-state index in [9.17, 15) is 9.59 Å². The third kappa shape index (κ3) is 2.38. The van der Waals surface area contributed by atoms with Crippen LogP contribution in [-0.4, -0.2) is 33.5 Å². The monoisotopic (exact) mass is 239 g/mol. The van der Waals surface area contributed by atoms with Gasteiger partial charge in [-0.3, -0.25) is 9.36 Å². The van der Waals surface area contributed by atoms with Crippen molar-refractivity contribution in [2.45, 2.75) is 18.9 Å². The zero-order valence-corrected chi connectivity index (χ0v) is 10.1. The van der Waals surface area contributed by atoms with E-state index in [0.717, 1.165) is 30.5 Å². The van der Waals surface area contributed by atoms with Crippen molar-refractivity contribution in [2.24, 2.45) is 14.1 Å². The minimum atomic E-state index is -0.411. The van der Waals surface area contributed by atoms with E-state index in [1.54, 1.807) is 0 Å². The van der Waals surface area contributed by atoms with Crippen LogP contribution in [0.5, 0.6) is 0 Å². The third-order valence-corrected chi connectivity index (χ3v) is 3.00. The van der Waals surface area contributed by atoms with Crippen LogP contribution in [0.1, 0.15) is 12.8 Å². The Kier molecular flexibility index (Phi) is 3.28. The van der Waals surface area contributed by atoms with E-state index in [1.165, 1.54) is 18.8 Å². The van der Waals surface area contributed by atoms with Crippen LogP contribution in [0.3, 0.4) is 0 Å².